The maximum absolute atomic E-state index is 11.6. The van der Waals surface area contributed by atoms with Crippen LogP contribution >= 0.6 is 0 Å². The highest BCUT2D eigenvalue weighted by molar-refractivity contribution is 5.81. The van der Waals surface area contributed by atoms with E-state index >= 15 is 0 Å². The Morgan fingerprint density at radius 3 is 2.59 bits per heavy atom. The van der Waals surface area contributed by atoms with Gasteiger partial charge in [0.05, 0.1) is 24.2 Å². The third-order valence-electron chi connectivity index (χ3n) is 6.54. The van der Waals surface area contributed by atoms with Crippen LogP contribution in [0, 0.1) is 17.2 Å². The van der Waals surface area contributed by atoms with Gasteiger partial charge in [-0.25, -0.2) is 9.79 Å². The number of aromatic nitrogens is 1. The van der Waals surface area contributed by atoms with Gasteiger partial charge in [0.2, 0.25) is 0 Å². The summed E-state index contributed by atoms with van der Waals surface area (Å²) >= 11 is 0. The molecule has 2 rings (SSSR count). The number of guanidine groups is 1. The maximum Gasteiger partial charge on any atom is 0.328 e. The van der Waals surface area contributed by atoms with E-state index in [0.29, 0.717) is 17.1 Å². The zero-order chi connectivity index (χ0) is 26.9. The second-order valence-electron chi connectivity index (χ2n) is 9.60. The number of benzene rings is 1. The van der Waals surface area contributed by atoms with E-state index in [4.69, 9.17) is 11.5 Å². The molecular formula is C29H42N6O2. The summed E-state index contributed by atoms with van der Waals surface area (Å²) in [6.45, 7) is 2.34. The van der Waals surface area contributed by atoms with E-state index in [2.05, 4.69) is 34.4 Å². The second kappa shape index (κ2) is 16.9. The van der Waals surface area contributed by atoms with E-state index in [-0.39, 0.29) is 18.5 Å². The molecule has 1 aromatic carbocycles. The van der Waals surface area contributed by atoms with Gasteiger partial charge in [0.25, 0.3) is 0 Å². The molecule has 0 aliphatic heterocycles. The number of nitrogens with two attached hydrogens (primary N) is 2. The lowest BCUT2D eigenvalue weighted by atomic mass is 9.86. The molecule has 200 valence electrons. The number of rotatable bonds is 18. The predicted octanol–water partition coefficient (Wildman–Crippen LogP) is 5.34. The van der Waals surface area contributed by atoms with Crippen LogP contribution in [0.2, 0.25) is 0 Å². The molecule has 37 heavy (non-hydrogen) atoms. The number of aliphatic carboxylic acids is 1. The van der Waals surface area contributed by atoms with Gasteiger partial charge in [-0.2, -0.15) is 5.26 Å². The fourth-order valence-electron chi connectivity index (χ4n) is 4.62. The highest BCUT2D eigenvalue weighted by Crippen LogP contribution is 2.25. The minimum atomic E-state index is -1.03. The molecule has 0 unspecified atom stereocenters. The van der Waals surface area contributed by atoms with Gasteiger partial charge in [0.15, 0.2) is 5.96 Å². The Bertz CT molecular complexity index is 1030. The minimum Gasteiger partial charge on any atom is -0.478 e. The summed E-state index contributed by atoms with van der Waals surface area (Å²) in [5.74, 6) is 0.103. The van der Waals surface area contributed by atoms with Crippen molar-refractivity contribution < 1.29 is 9.90 Å². The number of unbranched alkanes of at least 4 members (excludes halogenated alkanes) is 5. The van der Waals surface area contributed by atoms with Gasteiger partial charge in [-0.15, -0.1) is 0 Å². The lowest BCUT2D eigenvalue weighted by Crippen LogP contribution is -2.28. The number of aromatic amines is 1. The lowest BCUT2D eigenvalue weighted by molar-refractivity contribution is -0.131. The van der Waals surface area contributed by atoms with Crippen LogP contribution in [0.3, 0.4) is 0 Å². The first-order valence-corrected chi connectivity index (χ1v) is 13.3. The Hall–Kier alpha value is -3.73. The molecule has 8 nitrogen and oxygen atoms in total. The third-order valence-corrected chi connectivity index (χ3v) is 6.54. The summed E-state index contributed by atoms with van der Waals surface area (Å²) in [6, 6.07) is 13.6. The first kappa shape index (κ1) is 29.5. The highest BCUT2D eigenvalue weighted by Gasteiger charge is 2.20. The van der Waals surface area contributed by atoms with E-state index in [9.17, 15) is 15.2 Å². The first-order valence-electron chi connectivity index (χ1n) is 13.3. The van der Waals surface area contributed by atoms with Crippen LogP contribution in [0.4, 0.5) is 5.82 Å². The van der Waals surface area contributed by atoms with E-state index in [0.717, 1.165) is 43.5 Å². The van der Waals surface area contributed by atoms with Crippen LogP contribution in [0.1, 0.15) is 75.8 Å². The average molecular weight is 507 g/mol. The Morgan fingerprint density at radius 2 is 1.92 bits per heavy atom. The second-order valence-corrected chi connectivity index (χ2v) is 9.60. The largest absolute Gasteiger partial charge is 0.478 e. The van der Waals surface area contributed by atoms with E-state index in [1.165, 1.54) is 38.2 Å². The van der Waals surface area contributed by atoms with Gasteiger partial charge >= 0.3 is 5.97 Å². The smallest absolute Gasteiger partial charge is 0.328 e. The summed E-state index contributed by atoms with van der Waals surface area (Å²) in [5, 5.41) is 22.3. The van der Waals surface area contributed by atoms with Crippen molar-refractivity contribution in [1.82, 2.24) is 4.98 Å². The first-order chi connectivity index (χ1) is 17.9. The number of nitriles is 1. The van der Waals surface area contributed by atoms with Crippen LogP contribution in [0.5, 0.6) is 0 Å². The summed E-state index contributed by atoms with van der Waals surface area (Å²) < 4.78 is 0. The van der Waals surface area contributed by atoms with Crippen LogP contribution in [0.15, 0.2) is 59.2 Å². The van der Waals surface area contributed by atoms with Gasteiger partial charge in [-0.05, 0) is 60.6 Å². The fraction of sp³-hybridized carbons (Fsp3) is 0.483. The lowest BCUT2D eigenvalue weighted by Gasteiger charge is -2.25. The number of carboxylic acid groups (broad SMARTS) is 1. The Morgan fingerprint density at radius 1 is 1.14 bits per heavy atom. The Balaban J connectivity index is 2.18. The number of carbonyl (C=O) groups is 1. The van der Waals surface area contributed by atoms with E-state index in [1.54, 1.807) is 0 Å². The van der Waals surface area contributed by atoms with Crippen molar-refractivity contribution in [3.8, 4) is 6.07 Å². The van der Waals surface area contributed by atoms with Gasteiger partial charge in [-0.3, -0.25) is 0 Å². The van der Waals surface area contributed by atoms with Crippen LogP contribution in [0.25, 0.3) is 0 Å². The molecule has 0 aliphatic carbocycles. The van der Waals surface area contributed by atoms with Gasteiger partial charge in [-0.1, -0.05) is 64.0 Å². The number of hydrogen-bond acceptors (Lipinski definition) is 4. The quantitative estimate of drug-likeness (QED) is 0.0796. The number of nitrogens with zero attached hydrogens (tertiary/aromatic N) is 2. The number of H-pyrrole nitrogens is 1. The molecule has 1 aromatic heterocycles. The highest BCUT2D eigenvalue weighted by atomic mass is 16.4. The number of anilines is 1. The van der Waals surface area contributed by atoms with Gasteiger partial charge < -0.3 is 26.9 Å². The molecule has 0 radical (unpaired) electrons. The molecule has 0 spiro atoms. The molecular weight excluding hydrogens is 464 g/mol. The maximum atomic E-state index is 11.6. The molecule has 2 aromatic rings. The number of carboxylic acids is 1. The molecule has 0 saturated carbocycles. The van der Waals surface area contributed by atoms with Crippen molar-refractivity contribution in [2.24, 2.45) is 22.4 Å². The van der Waals surface area contributed by atoms with Crippen molar-refractivity contribution in [3.63, 3.8) is 0 Å². The number of nitrogens with one attached hydrogen (secondary N) is 2. The zero-order valence-corrected chi connectivity index (χ0v) is 22.0. The topological polar surface area (TPSA) is 153 Å². The summed E-state index contributed by atoms with van der Waals surface area (Å²) in [4.78, 5) is 18.8. The van der Waals surface area contributed by atoms with E-state index in [1.807, 2.05) is 36.5 Å². The third kappa shape index (κ3) is 12.2. The predicted molar refractivity (Wildman–Crippen MR) is 150 cm³/mol. The standard InChI is InChI=1S/C29H42N6O2/c1-2-3-4-5-6-7-10-22(17-23-11-8-12-24(18-23)20-30)14-15-26(35-27-13-9-16-33-27)25(19-28(36)37)21-34-29(31)32/h8-9,11-13,16,18-19,22,26,33,35H,2-7,10,14-15,17,21H2,1H3,(H,36,37)(H4,31,32,34)/b25-19+/t22-,26-/m1/s1. The van der Waals surface area contributed by atoms with Crippen molar-refractivity contribution >= 4 is 17.7 Å². The molecule has 0 amide bonds. The fourth-order valence-corrected chi connectivity index (χ4v) is 4.62. The zero-order valence-electron chi connectivity index (χ0n) is 22.0. The SMILES string of the molecule is CCCCCCCC[C@H](CC[C@@H](Nc1ccc[nH]1)/C(=C/C(=O)O)CN=C(N)N)Cc1cccc(C#N)c1. The van der Waals surface area contributed by atoms with Gasteiger partial charge in [0.1, 0.15) is 5.82 Å². The molecule has 1 heterocycles. The van der Waals surface area contributed by atoms with Crippen LogP contribution < -0.4 is 16.8 Å². The van der Waals surface area contributed by atoms with Crippen molar-refractivity contribution in [1.29, 1.82) is 5.26 Å². The van der Waals surface area contributed by atoms with Crippen LogP contribution in [-0.2, 0) is 11.2 Å². The average Bonchev–Trinajstić information content (AvgIpc) is 3.39. The molecule has 0 aliphatic rings. The molecule has 0 bridgehead atoms. The normalized spacial score (nSPS) is 12.9. The van der Waals surface area contributed by atoms with Crippen molar-refractivity contribution in [3.05, 3.63) is 65.4 Å². The van der Waals surface area contributed by atoms with Crippen LogP contribution in [-0.4, -0.2) is 34.6 Å². The van der Waals surface area contributed by atoms with Gasteiger partial charge in [0, 0.05) is 12.3 Å². The minimum absolute atomic E-state index is 0.0757. The van der Waals surface area contributed by atoms with Crippen molar-refractivity contribution in [2.75, 3.05) is 11.9 Å². The Labute approximate surface area is 220 Å². The number of aliphatic imine (C=N–C) groups is 1. The number of hydrogen-bond donors (Lipinski definition) is 5. The molecule has 8 heteroatoms. The molecule has 0 saturated heterocycles. The summed E-state index contributed by atoms with van der Waals surface area (Å²) in [6.07, 6.45) is 14.0. The Kier molecular flexibility index (Phi) is 13.4. The molecule has 7 N–H and O–H groups in total. The van der Waals surface area contributed by atoms with E-state index < -0.39 is 5.97 Å². The monoisotopic (exact) mass is 506 g/mol. The van der Waals surface area contributed by atoms with Crippen molar-refractivity contribution in [2.45, 2.75) is 77.2 Å². The molecule has 2 atom stereocenters. The summed E-state index contributed by atoms with van der Waals surface area (Å²) in [7, 11) is 0. The molecule has 0 fully saturated rings. The summed E-state index contributed by atoms with van der Waals surface area (Å²) in [5.41, 5.74) is 13.5.